The zero-order valence-electron chi connectivity index (χ0n) is 12.1. The zero-order valence-corrected chi connectivity index (χ0v) is 12.1. The molecule has 2 rings (SSSR count). The summed E-state index contributed by atoms with van der Waals surface area (Å²) in [5.41, 5.74) is 1.98. The van der Waals surface area contributed by atoms with Gasteiger partial charge in [-0.05, 0) is 12.6 Å². The van der Waals surface area contributed by atoms with Gasteiger partial charge in [0.2, 0.25) is 5.88 Å². The van der Waals surface area contributed by atoms with Crippen LogP contribution in [0.5, 0.6) is 5.88 Å². The highest BCUT2D eigenvalue weighted by Crippen LogP contribution is 2.25. The summed E-state index contributed by atoms with van der Waals surface area (Å²) < 4.78 is 7.54. The summed E-state index contributed by atoms with van der Waals surface area (Å²) in [5.74, 6) is 0.642. The van der Waals surface area contributed by atoms with Crippen LogP contribution in [0.2, 0.25) is 0 Å². The predicted molar refractivity (Wildman–Crippen MR) is 75.7 cm³/mol. The van der Waals surface area contributed by atoms with Gasteiger partial charge in [-0.1, -0.05) is 27.7 Å². The van der Waals surface area contributed by atoms with Crippen molar-refractivity contribution < 1.29 is 4.74 Å². The summed E-state index contributed by atoms with van der Waals surface area (Å²) >= 11 is 0. The lowest BCUT2D eigenvalue weighted by molar-refractivity contribution is 0.306. The van der Waals surface area contributed by atoms with Gasteiger partial charge in [0.25, 0.3) is 0 Å². The van der Waals surface area contributed by atoms with Crippen LogP contribution in [0, 0.1) is 0 Å². The zero-order chi connectivity index (χ0) is 13.9. The number of fused-ring (bicyclic) bond motifs is 1. The van der Waals surface area contributed by atoms with Crippen LogP contribution >= 0.6 is 0 Å². The number of hydrogen-bond donors (Lipinski definition) is 1. The van der Waals surface area contributed by atoms with E-state index >= 15 is 0 Å². The van der Waals surface area contributed by atoms with Crippen LogP contribution in [0.4, 0.5) is 0 Å². The van der Waals surface area contributed by atoms with Crippen LogP contribution in [0.25, 0.3) is 5.52 Å². The van der Waals surface area contributed by atoms with E-state index in [-0.39, 0.29) is 5.41 Å². The number of rotatable bonds is 5. The molecule has 0 aromatic carbocycles. The Morgan fingerprint density at radius 3 is 2.84 bits per heavy atom. The Hall–Kier alpha value is -1.62. The highest BCUT2D eigenvalue weighted by atomic mass is 16.5. The molecule has 0 spiro atoms. The Morgan fingerprint density at radius 1 is 1.37 bits per heavy atom. The first-order valence-electron chi connectivity index (χ1n) is 6.70. The smallest absolute Gasteiger partial charge is 0.240 e. The van der Waals surface area contributed by atoms with E-state index in [4.69, 9.17) is 4.74 Å². The van der Waals surface area contributed by atoms with E-state index in [0.717, 1.165) is 24.3 Å². The molecule has 2 heterocycles. The van der Waals surface area contributed by atoms with E-state index < -0.39 is 0 Å². The molecule has 0 saturated carbocycles. The molecule has 0 unspecified atom stereocenters. The molecule has 0 fully saturated rings. The second-order valence-corrected chi connectivity index (χ2v) is 5.54. The lowest BCUT2D eigenvalue weighted by atomic mass is 9.92. The Labute approximate surface area is 114 Å². The maximum Gasteiger partial charge on any atom is 0.240 e. The average Bonchev–Trinajstić information content (AvgIpc) is 2.79. The maximum atomic E-state index is 5.71. The van der Waals surface area contributed by atoms with Gasteiger partial charge >= 0.3 is 0 Å². The molecule has 0 saturated heterocycles. The fourth-order valence-electron chi connectivity index (χ4n) is 1.77. The fraction of sp³-hybridized carbons (Fsp3) is 0.571. The molecular weight excluding hydrogens is 240 g/mol. The normalized spacial score (nSPS) is 12.0. The third-order valence-corrected chi connectivity index (χ3v) is 2.89. The van der Waals surface area contributed by atoms with Gasteiger partial charge in [-0.2, -0.15) is 5.10 Å². The topological polar surface area (TPSA) is 51.5 Å². The molecule has 1 N–H and O–H groups in total. The molecule has 2 aromatic rings. The van der Waals surface area contributed by atoms with Gasteiger partial charge in [-0.3, -0.25) is 0 Å². The van der Waals surface area contributed by atoms with Gasteiger partial charge in [-0.15, -0.1) is 0 Å². The lowest BCUT2D eigenvalue weighted by Crippen LogP contribution is -2.20. The Morgan fingerprint density at radius 2 is 2.16 bits per heavy atom. The lowest BCUT2D eigenvalue weighted by Gasteiger charge is -2.13. The van der Waals surface area contributed by atoms with Crippen molar-refractivity contribution in [2.24, 2.45) is 0 Å². The molecule has 5 nitrogen and oxygen atoms in total. The summed E-state index contributed by atoms with van der Waals surface area (Å²) in [4.78, 5) is 4.29. The molecule has 0 amide bonds. The van der Waals surface area contributed by atoms with Gasteiger partial charge in [0.05, 0.1) is 5.69 Å². The first kappa shape index (κ1) is 13.8. The second-order valence-electron chi connectivity index (χ2n) is 5.54. The highest BCUT2D eigenvalue weighted by Gasteiger charge is 2.19. The van der Waals surface area contributed by atoms with E-state index in [1.807, 2.05) is 10.7 Å². The Kier molecular flexibility index (Phi) is 4.04. The predicted octanol–water partition coefficient (Wildman–Crippen LogP) is 2.02. The molecule has 0 bridgehead atoms. The number of hydrogen-bond acceptors (Lipinski definition) is 4. The van der Waals surface area contributed by atoms with Crippen molar-refractivity contribution >= 4 is 5.52 Å². The molecule has 2 aromatic heterocycles. The number of ether oxygens (including phenoxy) is 1. The van der Waals surface area contributed by atoms with Crippen LogP contribution in [-0.2, 0) is 5.41 Å². The van der Waals surface area contributed by atoms with E-state index in [1.54, 1.807) is 6.20 Å². The molecule has 0 aliphatic heterocycles. The first-order valence-corrected chi connectivity index (χ1v) is 6.70. The summed E-state index contributed by atoms with van der Waals surface area (Å²) in [6.45, 7) is 10.9. The maximum absolute atomic E-state index is 5.71. The van der Waals surface area contributed by atoms with E-state index in [0.29, 0.717) is 12.5 Å². The quantitative estimate of drug-likeness (QED) is 0.838. The van der Waals surface area contributed by atoms with E-state index in [9.17, 15) is 0 Å². The van der Waals surface area contributed by atoms with E-state index in [1.165, 1.54) is 0 Å². The third kappa shape index (κ3) is 3.23. The Balaban J connectivity index is 2.22. The first-order chi connectivity index (χ1) is 9.02. The van der Waals surface area contributed by atoms with Gasteiger partial charge < -0.3 is 10.1 Å². The number of likely N-dealkylation sites (N-methyl/N-ethyl adjacent to an activating group) is 1. The number of nitrogens with one attached hydrogen (secondary N) is 1. The molecule has 0 aliphatic carbocycles. The number of aromatic nitrogens is 3. The molecule has 0 radical (unpaired) electrons. The summed E-state index contributed by atoms with van der Waals surface area (Å²) in [7, 11) is 0. The highest BCUT2D eigenvalue weighted by molar-refractivity contribution is 5.57. The van der Waals surface area contributed by atoms with Crippen molar-refractivity contribution in [2.45, 2.75) is 33.1 Å². The van der Waals surface area contributed by atoms with Crippen molar-refractivity contribution in [3.05, 3.63) is 24.2 Å². The molecule has 5 heteroatoms. The van der Waals surface area contributed by atoms with Gasteiger partial charge in [0.1, 0.15) is 12.1 Å². The third-order valence-electron chi connectivity index (χ3n) is 2.89. The standard InChI is InChI=1S/C14H22N4O/c1-5-15-7-9-19-13-11-10-12(14(2,3)4)17-18(11)8-6-16-13/h6,8,10,15H,5,7,9H2,1-4H3. The Bertz CT molecular complexity index is 542. The van der Waals surface area contributed by atoms with Crippen LogP contribution in [0.15, 0.2) is 18.5 Å². The minimum atomic E-state index is 0.0209. The largest absolute Gasteiger partial charge is 0.475 e. The van der Waals surface area contributed by atoms with Crippen LogP contribution < -0.4 is 10.1 Å². The molecular formula is C14H22N4O. The fourth-order valence-corrected chi connectivity index (χ4v) is 1.77. The van der Waals surface area contributed by atoms with Crippen LogP contribution in [-0.4, -0.2) is 34.3 Å². The van der Waals surface area contributed by atoms with Crippen molar-refractivity contribution in [1.82, 2.24) is 19.9 Å². The van der Waals surface area contributed by atoms with Crippen molar-refractivity contribution in [2.75, 3.05) is 19.7 Å². The minimum absolute atomic E-state index is 0.0209. The van der Waals surface area contributed by atoms with Gasteiger partial charge in [-0.25, -0.2) is 9.50 Å². The van der Waals surface area contributed by atoms with Crippen LogP contribution in [0.1, 0.15) is 33.4 Å². The number of nitrogens with zero attached hydrogens (tertiary/aromatic N) is 3. The molecule has 19 heavy (non-hydrogen) atoms. The summed E-state index contributed by atoms with van der Waals surface area (Å²) in [6.07, 6.45) is 3.57. The molecule has 0 aliphatic rings. The molecule has 0 atom stereocenters. The SMILES string of the molecule is CCNCCOc1nccn2nc(C(C)(C)C)cc12. The van der Waals surface area contributed by atoms with Gasteiger partial charge in [0, 0.05) is 24.4 Å². The van der Waals surface area contributed by atoms with Crippen molar-refractivity contribution in [3.63, 3.8) is 0 Å². The average molecular weight is 262 g/mol. The summed E-state index contributed by atoms with van der Waals surface area (Å²) in [6, 6.07) is 2.05. The van der Waals surface area contributed by atoms with Crippen molar-refractivity contribution in [1.29, 1.82) is 0 Å². The van der Waals surface area contributed by atoms with Gasteiger partial charge in [0.15, 0.2) is 0 Å². The van der Waals surface area contributed by atoms with E-state index in [2.05, 4.69) is 49.2 Å². The monoisotopic (exact) mass is 262 g/mol. The molecule has 104 valence electrons. The second kappa shape index (κ2) is 5.57. The van der Waals surface area contributed by atoms with Crippen molar-refractivity contribution in [3.8, 4) is 5.88 Å². The summed E-state index contributed by atoms with van der Waals surface area (Å²) in [5, 5.41) is 7.79. The minimum Gasteiger partial charge on any atom is -0.475 e. The van der Waals surface area contributed by atoms with Crippen LogP contribution in [0.3, 0.4) is 0 Å².